The first-order valence-electron chi connectivity index (χ1n) is 8.25. The Kier molecular flexibility index (Phi) is 7.92. The van der Waals surface area contributed by atoms with Crippen molar-refractivity contribution in [2.75, 3.05) is 13.1 Å². The molecule has 19 heavy (non-hydrogen) atoms. The lowest BCUT2D eigenvalue weighted by Gasteiger charge is -2.31. The lowest BCUT2D eigenvalue weighted by molar-refractivity contribution is 0.110. The van der Waals surface area contributed by atoms with E-state index in [9.17, 15) is 0 Å². The zero-order chi connectivity index (χ0) is 14.1. The van der Waals surface area contributed by atoms with Crippen molar-refractivity contribution in [3.63, 3.8) is 0 Å². The largest absolute Gasteiger partial charge is 0.339 e. The Morgan fingerprint density at radius 1 is 1.05 bits per heavy atom. The Morgan fingerprint density at radius 3 is 2.42 bits per heavy atom. The van der Waals surface area contributed by atoms with E-state index in [1.165, 1.54) is 44.9 Å². The summed E-state index contributed by atoms with van der Waals surface area (Å²) in [5, 5.41) is 6.96. The molecule has 0 fully saturated rings. The number of hydrogen-bond donors (Lipinski definition) is 0. The molecule has 1 heterocycles. The second-order valence-electron chi connectivity index (χ2n) is 6.17. The van der Waals surface area contributed by atoms with Crippen molar-refractivity contribution in [2.45, 2.75) is 78.8 Å². The van der Waals surface area contributed by atoms with E-state index >= 15 is 0 Å². The highest BCUT2D eigenvalue weighted by Gasteiger charge is 2.26. The summed E-state index contributed by atoms with van der Waals surface area (Å²) in [5.74, 6) is 0.704. The van der Waals surface area contributed by atoms with Crippen LogP contribution in [0.15, 0.2) is 5.10 Å². The summed E-state index contributed by atoms with van der Waals surface area (Å²) < 4.78 is 0. The Bertz CT molecular complexity index is 250. The number of unbranched alkanes of at least 4 members (excludes halogenated alkanes) is 4. The molecule has 0 aromatic carbocycles. The molecule has 0 N–H and O–H groups in total. The Hall–Kier alpha value is -0.730. The van der Waals surface area contributed by atoms with E-state index in [-0.39, 0.29) is 0 Å². The summed E-state index contributed by atoms with van der Waals surface area (Å²) >= 11 is 0. The number of rotatable bonds is 10. The van der Waals surface area contributed by atoms with Crippen molar-refractivity contribution in [3.8, 4) is 0 Å². The molecule has 1 aliphatic heterocycles. The molecule has 1 aliphatic rings. The van der Waals surface area contributed by atoms with Crippen LogP contribution in [0.4, 0.5) is 0 Å². The number of hydrogen-bond acceptors (Lipinski definition) is 3. The summed E-state index contributed by atoms with van der Waals surface area (Å²) in [6.07, 6.45) is 11.7. The molecule has 0 amide bonds. The SMILES string of the molecule is CCCCCCN1N=CN(CC(C)C)C1CCCC. The van der Waals surface area contributed by atoms with E-state index < -0.39 is 0 Å². The van der Waals surface area contributed by atoms with Crippen LogP contribution in [0.5, 0.6) is 0 Å². The molecular formula is C16H33N3. The van der Waals surface area contributed by atoms with Crippen LogP contribution >= 0.6 is 0 Å². The highest BCUT2D eigenvalue weighted by atomic mass is 15.6. The molecule has 1 rings (SSSR count). The van der Waals surface area contributed by atoms with Gasteiger partial charge in [-0.2, -0.15) is 5.10 Å². The Balaban J connectivity index is 2.42. The molecule has 3 heteroatoms. The van der Waals surface area contributed by atoms with Gasteiger partial charge in [0.15, 0.2) is 0 Å². The maximum atomic E-state index is 4.64. The van der Waals surface area contributed by atoms with Gasteiger partial charge in [-0.15, -0.1) is 0 Å². The molecule has 0 bridgehead atoms. The van der Waals surface area contributed by atoms with Crippen molar-refractivity contribution in [1.29, 1.82) is 0 Å². The third-order valence-corrected chi connectivity index (χ3v) is 3.71. The monoisotopic (exact) mass is 267 g/mol. The third kappa shape index (κ3) is 5.84. The predicted octanol–water partition coefficient (Wildman–Crippen LogP) is 4.30. The van der Waals surface area contributed by atoms with Crippen molar-refractivity contribution >= 4 is 6.34 Å². The molecule has 0 saturated heterocycles. The molecule has 0 radical (unpaired) electrons. The van der Waals surface area contributed by atoms with Crippen molar-refractivity contribution in [2.24, 2.45) is 11.0 Å². The van der Waals surface area contributed by atoms with Gasteiger partial charge in [-0.05, 0) is 25.2 Å². The summed E-state index contributed by atoms with van der Waals surface area (Å²) in [4.78, 5) is 2.44. The smallest absolute Gasteiger partial charge is 0.119 e. The molecule has 1 unspecified atom stereocenters. The third-order valence-electron chi connectivity index (χ3n) is 3.71. The lowest BCUT2D eigenvalue weighted by Crippen LogP contribution is -2.41. The number of hydrazone groups is 1. The zero-order valence-electron chi connectivity index (χ0n) is 13.4. The van der Waals surface area contributed by atoms with E-state index in [0.717, 1.165) is 13.1 Å². The normalized spacial score (nSPS) is 18.9. The standard InChI is InChI=1S/C16H33N3/c1-5-7-9-10-12-19-16(11-8-6-2)18(14-17-19)13-15(3)4/h14-16H,5-13H2,1-4H3. The van der Waals surface area contributed by atoms with Gasteiger partial charge >= 0.3 is 0 Å². The fourth-order valence-corrected chi connectivity index (χ4v) is 2.66. The molecule has 3 nitrogen and oxygen atoms in total. The van der Waals surface area contributed by atoms with Gasteiger partial charge in [0.05, 0.1) is 0 Å². The van der Waals surface area contributed by atoms with Crippen LogP contribution in [0.25, 0.3) is 0 Å². The second kappa shape index (κ2) is 9.22. The lowest BCUT2D eigenvalue weighted by atomic mass is 10.1. The van der Waals surface area contributed by atoms with E-state index in [4.69, 9.17) is 0 Å². The Morgan fingerprint density at radius 2 is 1.79 bits per heavy atom. The quantitative estimate of drug-likeness (QED) is 0.550. The van der Waals surface area contributed by atoms with Crippen LogP contribution in [-0.2, 0) is 0 Å². The summed E-state index contributed by atoms with van der Waals surface area (Å²) in [7, 11) is 0. The van der Waals surface area contributed by atoms with E-state index in [1.54, 1.807) is 0 Å². The van der Waals surface area contributed by atoms with Crippen molar-refractivity contribution in [1.82, 2.24) is 9.91 Å². The van der Waals surface area contributed by atoms with E-state index in [1.807, 2.05) is 0 Å². The maximum Gasteiger partial charge on any atom is 0.119 e. The summed E-state index contributed by atoms with van der Waals surface area (Å²) in [5.41, 5.74) is 0. The summed E-state index contributed by atoms with van der Waals surface area (Å²) in [6.45, 7) is 11.4. The topological polar surface area (TPSA) is 18.8 Å². The van der Waals surface area contributed by atoms with Gasteiger partial charge in [0, 0.05) is 13.1 Å². The second-order valence-corrected chi connectivity index (χ2v) is 6.17. The van der Waals surface area contributed by atoms with E-state index in [2.05, 4.69) is 49.0 Å². The van der Waals surface area contributed by atoms with Gasteiger partial charge in [-0.25, -0.2) is 0 Å². The van der Waals surface area contributed by atoms with Crippen molar-refractivity contribution in [3.05, 3.63) is 0 Å². The van der Waals surface area contributed by atoms with Crippen LogP contribution in [0, 0.1) is 5.92 Å². The Labute approximate surface area is 120 Å². The first-order valence-corrected chi connectivity index (χ1v) is 8.25. The first kappa shape index (κ1) is 16.3. The average Bonchev–Trinajstić information content (AvgIpc) is 2.74. The van der Waals surface area contributed by atoms with Gasteiger partial charge in [-0.3, -0.25) is 5.01 Å². The highest BCUT2D eigenvalue weighted by Crippen LogP contribution is 2.20. The van der Waals surface area contributed by atoms with Gasteiger partial charge in [0.25, 0.3) is 0 Å². The van der Waals surface area contributed by atoms with Gasteiger partial charge in [-0.1, -0.05) is 53.4 Å². The van der Waals surface area contributed by atoms with Crippen LogP contribution in [0.3, 0.4) is 0 Å². The molecule has 0 aliphatic carbocycles. The van der Waals surface area contributed by atoms with Crippen LogP contribution < -0.4 is 0 Å². The highest BCUT2D eigenvalue weighted by molar-refractivity contribution is 5.57. The molecule has 0 aromatic rings. The summed E-state index contributed by atoms with van der Waals surface area (Å²) in [6, 6.07) is 0. The van der Waals surface area contributed by atoms with Gasteiger partial charge in [0.1, 0.15) is 12.5 Å². The minimum atomic E-state index is 0.518. The van der Waals surface area contributed by atoms with Crippen molar-refractivity contribution < 1.29 is 0 Å². The van der Waals surface area contributed by atoms with Crippen LogP contribution in [0.2, 0.25) is 0 Å². The van der Waals surface area contributed by atoms with Crippen LogP contribution in [0.1, 0.15) is 72.6 Å². The molecule has 0 saturated carbocycles. The first-order chi connectivity index (χ1) is 9.19. The minimum Gasteiger partial charge on any atom is -0.339 e. The van der Waals surface area contributed by atoms with E-state index in [0.29, 0.717) is 12.1 Å². The molecular weight excluding hydrogens is 234 g/mol. The fraction of sp³-hybridized carbons (Fsp3) is 0.938. The molecule has 0 spiro atoms. The molecule has 112 valence electrons. The zero-order valence-corrected chi connectivity index (χ0v) is 13.4. The predicted molar refractivity (Wildman–Crippen MR) is 84.2 cm³/mol. The fourth-order valence-electron chi connectivity index (χ4n) is 2.66. The molecule has 0 aromatic heterocycles. The number of nitrogens with zero attached hydrogens (tertiary/aromatic N) is 3. The van der Waals surface area contributed by atoms with Crippen LogP contribution in [-0.4, -0.2) is 35.5 Å². The van der Waals surface area contributed by atoms with Gasteiger partial charge < -0.3 is 4.90 Å². The average molecular weight is 267 g/mol. The molecule has 1 atom stereocenters. The maximum absolute atomic E-state index is 4.64. The van der Waals surface area contributed by atoms with Gasteiger partial charge in [0.2, 0.25) is 0 Å². The minimum absolute atomic E-state index is 0.518.